The third-order valence-corrected chi connectivity index (χ3v) is 12.3. The van der Waals surface area contributed by atoms with Crippen molar-refractivity contribution in [1.29, 1.82) is 0 Å². The maximum absolute atomic E-state index is 13.0. The third-order valence-electron chi connectivity index (χ3n) is 12.3. The Morgan fingerprint density at radius 2 is 0.521 bits per heavy atom. The third kappa shape index (κ3) is 22.0. The zero-order valence-electron chi connectivity index (χ0n) is 42.3. The molecule has 0 bridgehead atoms. The molecule has 0 atom stereocenters. The summed E-state index contributed by atoms with van der Waals surface area (Å²) in [5, 5.41) is 0. The maximum Gasteiger partial charge on any atom is 0.343 e. The molecule has 10 nitrogen and oxygen atoms in total. The number of hydrogen-bond acceptors (Lipinski definition) is 10. The molecule has 0 radical (unpaired) electrons. The first-order valence-corrected chi connectivity index (χ1v) is 26.5. The van der Waals surface area contributed by atoms with Gasteiger partial charge < -0.3 is 28.4 Å². The highest BCUT2D eigenvalue weighted by Gasteiger charge is 2.16. The molecule has 380 valence electrons. The SMILES string of the molecule is CCCCCCCCCCCCCCCCOc1ccc(C(=O)Oc2ccc(C(=O)Oc3cccc(OC(=O)c4ccc(OC(=O)c5ccc(OCCCCCCCCCCC)cc5)cc4)c3)cc2)cc1. The molecule has 5 rings (SSSR count). The van der Waals surface area contributed by atoms with Crippen LogP contribution in [0.2, 0.25) is 0 Å². The number of carbonyl (C=O) groups is 4. The molecule has 0 N–H and O–H groups in total. The lowest BCUT2D eigenvalue weighted by Crippen LogP contribution is -2.11. The molecule has 0 heterocycles. The van der Waals surface area contributed by atoms with Crippen molar-refractivity contribution in [2.45, 2.75) is 162 Å². The molecule has 5 aromatic rings. The molecule has 0 amide bonds. The lowest BCUT2D eigenvalue weighted by Gasteiger charge is -2.09. The van der Waals surface area contributed by atoms with Crippen molar-refractivity contribution < 1.29 is 47.6 Å². The second-order valence-electron chi connectivity index (χ2n) is 18.3. The van der Waals surface area contributed by atoms with Gasteiger partial charge in [0.15, 0.2) is 0 Å². The smallest absolute Gasteiger partial charge is 0.343 e. The van der Waals surface area contributed by atoms with Gasteiger partial charge in [-0.2, -0.15) is 0 Å². The normalized spacial score (nSPS) is 10.9. The predicted molar refractivity (Wildman–Crippen MR) is 281 cm³/mol. The highest BCUT2D eigenvalue weighted by molar-refractivity contribution is 5.94. The van der Waals surface area contributed by atoms with Gasteiger partial charge in [-0.3, -0.25) is 0 Å². The van der Waals surface area contributed by atoms with Gasteiger partial charge in [-0.1, -0.05) is 155 Å². The van der Waals surface area contributed by atoms with E-state index in [4.69, 9.17) is 28.4 Å². The summed E-state index contributed by atoms with van der Waals surface area (Å²) in [7, 11) is 0. The molecule has 0 aliphatic rings. The summed E-state index contributed by atoms with van der Waals surface area (Å²) in [4.78, 5) is 51.7. The molecule has 0 aromatic heterocycles. The molecule has 0 spiro atoms. The zero-order valence-corrected chi connectivity index (χ0v) is 42.3. The lowest BCUT2D eigenvalue weighted by atomic mass is 10.0. The Hall–Kier alpha value is -6.42. The van der Waals surface area contributed by atoms with E-state index in [-0.39, 0.29) is 34.1 Å². The molecule has 0 saturated heterocycles. The number of unbranched alkanes of at least 4 members (excludes halogenated alkanes) is 21. The van der Waals surface area contributed by atoms with Crippen LogP contribution in [0.5, 0.6) is 34.5 Å². The minimum Gasteiger partial charge on any atom is -0.494 e. The summed E-state index contributed by atoms with van der Waals surface area (Å²) in [5.74, 6) is -0.143. The first-order chi connectivity index (χ1) is 34.8. The molecule has 0 aliphatic heterocycles. The quantitative estimate of drug-likeness (QED) is 0.0220. The second-order valence-corrected chi connectivity index (χ2v) is 18.3. The standard InChI is InChI=1S/C61H76O10/c1-3-5-7-9-11-13-14-15-16-17-19-21-23-25-46-67-53-39-31-49(32-40-53)59(63)69-55-43-35-51(36-44-55)61(65)71-57-28-26-27-56(47-57)70-60(64)50-33-41-54(42-34-50)68-58(62)48-29-37-52(38-30-48)66-45-24-22-20-18-12-10-8-6-4-2/h26-44,47H,3-25,45-46H2,1-2H3. The molecular weight excluding hydrogens is 893 g/mol. The fourth-order valence-electron chi connectivity index (χ4n) is 8.05. The number of hydrogen-bond donors (Lipinski definition) is 0. The van der Waals surface area contributed by atoms with E-state index in [9.17, 15) is 19.2 Å². The van der Waals surface area contributed by atoms with Crippen molar-refractivity contribution >= 4 is 23.9 Å². The van der Waals surface area contributed by atoms with Crippen molar-refractivity contribution in [3.05, 3.63) is 144 Å². The van der Waals surface area contributed by atoms with E-state index in [2.05, 4.69) is 13.8 Å². The summed E-state index contributed by atoms with van der Waals surface area (Å²) < 4.78 is 33.9. The van der Waals surface area contributed by atoms with E-state index in [1.165, 1.54) is 177 Å². The fraction of sp³-hybridized carbons (Fsp3) is 0.443. The molecular formula is C61H76O10. The van der Waals surface area contributed by atoms with E-state index < -0.39 is 23.9 Å². The highest BCUT2D eigenvalue weighted by Crippen LogP contribution is 2.25. The minimum absolute atomic E-state index is 0.156. The van der Waals surface area contributed by atoms with E-state index in [1.807, 2.05) is 0 Å². The molecule has 10 heteroatoms. The van der Waals surface area contributed by atoms with E-state index in [0.29, 0.717) is 35.8 Å². The average molecular weight is 969 g/mol. The van der Waals surface area contributed by atoms with E-state index in [0.717, 1.165) is 25.7 Å². The van der Waals surface area contributed by atoms with Gasteiger partial charge in [-0.05, 0) is 122 Å². The van der Waals surface area contributed by atoms with Crippen LogP contribution in [-0.2, 0) is 0 Å². The first-order valence-electron chi connectivity index (χ1n) is 26.5. The Kier molecular flexibility index (Phi) is 26.0. The molecule has 0 aliphatic carbocycles. The summed E-state index contributed by atoms with van der Waals surface area (Å²) >= 11 is 0. The zero-order chi connectivity index (χ0) is 50.1. The minimum atomic E-state index is -0.658. The number of carbonyl (C=O) groups excluding carboxylic acids is 4. The number of benzene rings is 5. The van der Waals surface area contributed by atoms with Crippen LogP contribution in [0.15, 0.2) is 121 Å². The lowest BCUT2D eigenvalue weighted by molar-refractivity contribution is 0.0723. The maximum atomic E-state index is 13.0. The summed E-state index contributed by atoms with van der Waals surface area (Å²) in [6, 6.07) is 31.9. The van der Waals surface area contributed by atoms with Crippen LogP contribution in [0.3, 0.4) is 0 Å². The Bertz CT molecular complexity index is 2280. The van der Waals surface area contributed by atoms with Crippen molar-refractivity contribution in [2.24, 2.45) is 0 Å². The second kappa shape index (κ2) is 33.2. The summed E-state index contributed by atoms with van der Waals surface area (Å²) in [5.41, 5.74) is 1.19. The van der Waals surface area contributed by atoms with Gasteiger partial charge in [0, 0.05) is 6.07 Å². The van der Waals surface area contributed by atoms with Crippen molar-refractivity contribution in [1.82, 2.24) is 0 Å². The van der Waals surface area contributed by atoms with Crippen LogP contribution >= 0.6 is 0 Å². The monoisotopic (exact) mass is 969 g/mol. The number of ether oxygens (including phenoxy) is 6. The predicted octanol–water partition coefficient (Wildman–Crippen LogP) is 16.3. The van der Waals surface area contributed by atoms with Crippen LogP contribution in [-0.4, -0.2) is 37.1 Å². The highest BCUT2D eigenvalue weighted by atomic mass is 16.6. The van der Waals surface area contributed by atoms with Gasteiger partial charge in [0.25, 0.3) is 0 Å². The summed E-state index contributed by atoms with van der Waals surface area (Å²) in [6.45, 7) is 5.78. The van der Waals surface area contributed by atoms with Gasteiger partial charge in [0.2, 0.25) is 0 Å². The molecule has 5 aromatic carbocycles. The van der Waals surface area contributed by atoms with Gasteiger partial charge in [0.05, 0.1) is 35.5 Å². The summed E-state index contributed by atoms with van der Waals surface area (Å²) in [6.07, 6.45) is 29.6. The van der Waals surface area contributed by atoms with Crippen LogP contribution < -0.4 is 28.4 Å². The van der Waals surface area contributed by atoms with Gasteiger partial charge >= 0.3 is 23.9 Å². The van der Waals surface area contributed by atoms with Crippen molar-refractivity contribution in [3.63, 3.8) is 0 Å². The largest absolute Gasteiger partial charge is 0.494 e. The Balaban J connectivity index is 0.949. The number of esters is 4. The van der Waals surface area contributed by atoms with Gasteiger partial charge in [-0.15, -0.1) is 0 Å². The van der Waals surface area contributed by atoms with Crippen LogP contribution in [0, 0.1) is 0 Å². The van der Waals surface area contributed by atoms with Crippen LogP contribution in [0.25, 0.3) is 0 Å². The van der Waals surface area contributed by atoms with Crippen LogP contribution in [0.4, 0.5) is 0 Å². The topological polar surface area (TPSA) is 124 Å². The Morgan fingerprint density at radius 1 is 0.282 bits per heavy atom. The van der Waals surface area contributed by atoms with Crippen molar-refractivity contribution in [3.8, 4) is 34.5 Å². The molecule has 0 unspecified atom stereocenters. The van der Waals surface area contributed by atoms with E-state index >= 15 is 0 Å². The fourth-order valence-corrected chi connectivity index (χ4v) is 8.05. The van der Waals surface area contributed by atoms with E-state index in [1.54, 1.807) is 66.7 Å². The van der Waals surface area contributed by atoms with Gasteiger partial charge in [0.1, 0.15) is 34.5 Å². The number of rotatable bonds is 35. The molecule has 0 fully saturated rings. The average Bonchev–Trinajstić information content (AvgIpc) is 3.39. The molecule has 71 heavy (non-hydrogen) atoms. The Labute approximate surface area is 422 Å². The molecule has 0 saturated carbocycles. The first kappa shape index (κ1) is 55.5. The van der Waals surface area contributed by atoms with Gasteiger partial charge in [-0.25, -0.2) is 19.2 Å². The van der Waals surface area contributed by atoms with Crippen molar-refractivity contribution in [2.75, 3.05) is 13.2 Å². The Morgan fingerprint density at radius 3 is 0.803 bits per heavy atom. The van der Waals surface area contributed by atoms with Crippen LogP contribution in [0.1, 0.15) is 203 Å².